The van der Waals surface area contributed by atoms with Crippen molar-refractivity contribution in [2.45, 2.75) is 18.0 Å². The summed E-state index contributed by atoms with van der Waals surface area (Å²) in [4.78, 5) is 16.6. The van der Waals surface area contributed by atoms with Crippen LogP contribution in [0.1, 0.15) is 11.1 Å². The van der Waals surface area contributed by atoms with Gasteiger partial charge < -0.3 is 14.5 Å². The van der Waals surface area contributed by atoms with Crippen LogP contribution in [0.2, 0.25) is 0 Å². The van der Waals surface area contributed by atoms with Gasteiger partial charge in [0.2, 0.25) is 5.91 Å². The Kier molecular flexibility index (Phi) is 8.45. The molecular weight excluding hydrogens is 599 g/mol. The van der Waals surface area contributed by atoms with Gasteiger partial charge in [0.1, 0.15) is 12.3 Å². The van der Waals surface area contributed by atoms with Gasteiger partial charge >= 0.3 is 6.18 Å². The number of rotatable bonds is 7. The average Bonchev–Trinajstić information content (AvgIpc) is 2.91. The molecule has 1 aliphatic rings. The highest BCUT2D eigenvalue weighted by molar-refractivity contribution is 9.10. The lowest BCUT2D eigenvalue weighted by atomic mass is 10.1. The van der Waals surface area contributed by atoms with Gasteiger partial charge in [-0.15, -0.1) is 0 Å². The monoisotopic (exact) mass is 625 g/mol. The van der Waals surface area contributed by atoms with E-state index in [0.717, 1.165) is 22.0 Å². The molecule has 3 aromatic rings. The third-order valence-corrected chi connectivity index (χ3v) is 8.87. The molecule has 0 atom stereocenters. The zero-order chi connectivity index (χ0) is 28.4. The molecule has 39 heavy (non-hydrogen) atoms. The van der Waals surface area contributed by atoms with Gasteiger partial charge in [-0.2, -0.15) is 13.2 Å². The Morgan fingerprint density at radius 1 is 1.00 bits per heavy atom. The zero-order valence-corrected chi connectivity index (χ0v) is 23.7. The van der Waals surface area contributed by atoms with Crippen LogP contribution in [0.25, 0.3) is 0 Å². The fourth-order valence-corrected chi connectivity index (χ4v) is 6.41. The van der Waals surface area contributed by atoms with Gasteiger partial charge in [-0.3, -0.25) is 9.10 Å². The number of carbonyl (C=O) groups is 1. The Bertz CT molecular complexity index is 1440. The maximum Gasteiger partial charge on any atom is 0.416 e. The van der Waals surface area contributed by atoms with Crippen molar-refractivity contribution < 1.29 is 31.1 Å². The molecule has 0 aromatic heterocycles. The maximum absolute atomic E-state index is 13.7. The number of alkyl halides is 3. The standard InChI is InChI=1S/C27H27BrF3N3O4S/c1-19-6-8-21(9-7-19)34(39(36,37)23-10-11-25(38-2)24(28)17-23)18-26(35)33-14-12-32(13-15-33)22-5-3-4-20(16-22)27(29,30)31/h3-11,16-17H,12-15,18H2,1-2H3. The number of amides is 1. The minimum absolute atomic E-state index is 0.0158. The quantitative estimate of drug-likeness (QED) is 0.355. The number of ether oxygens (including phenoxy) is 1. The highest BCUT2D eigenvalue weighted by atomic mass is 79.9. The van der Waals surface area contributed by atoms with Crippen molar-refractivity contribution in [3.8, 4) is 5.75 Å². The van der Waals surface area contributed by atoms with Crippen LogP contribution in [0.4, 0.5) is 24.5 Å². The van der Waals surface area contributed by atoms with E-state index in [1.165, 1.54) is 36.3 Å². The van der Waals surface area contributed by atoms with Crippen LogP contribution in [-0.2, 0) is 21.0 Å². The van der Waals surface area contributed by atoms with Gasteiger partial charge in [-0.1, -0.05) is 23.8 Å². The number of anilines is 2. The number of nitrogens with zero attached hydrogens (tertiary/aromatic N) is 3. The van der Waals surface area contributed by atoms with E-state index in [0.29, 0.717) is 34.7 Å². The van der Waals surface area contributed by atoms with E-state index in [1.54, 1.807) is 35.2 Å². The van der Waals surface area contributed by atoms with Crippen LogP contribution in [0.5, 0.6) is 5.75 Å². The number of carbonyl (C=O) groups excluding carboxylic acids is 1. The first-order chi connectivity index (χ1) is 18.4. The Morgan fingerprint density at radius 3 is 2.26 bits per heavy atom. The molecule has 0 N–H and O–H groups in total. The molecule has 0 radical (unpaired) electrons. The normalized spacial score (nSPS) is 14.3. The van der Waals surface area contributed by atoms with Crippen LogP contribution >= 0.6 is 15.9 Å². The average molecular weight is 626 g/mol. The molecule has 1 aliphatic heterocycles. The fourth-order valence-electron chi connectivity index (χ4n) is 4.28. The summed E-state index contributed by atoms with van der Waals surface area (Å²) in [5.74, 6) is 0.0565. The molecule has 0 aliphatic carbocycles. The van der Waals surface area contributed by atoms with Crippen molar-refractivity contribution in [3.05, 3.63) is 82.3 Å². The molecule has 1 fully saturated rings. The molecule has 208 valence electrons. The predicted molar refractivity (Wildman–Crippen MR) is 147 cm³/mol. The Balaban J connectivity index is 1.53. The summed E-state index contributed by atoms with van der Waals surface area (Å²) in [5.41, 5.74) is 0.956. The van der Waals surface area contributed by atoms with Crippen LogP contribution in [0.15, 0.2) is 76.1 Å². The first-order valence-corrected chi connectivity index (χ1v) is 14.3. The van der Waals surface area contributed by atoms with Crippen LogP contribution in [0.3, 0.4) is 0 Å². The summed E-state index contributed by atoms with van der Waals surface area (Å²) in [6, 6.07) is 16.3. The largest absolute Gasteiger partial charge is 0.496 e. The molecule has 1 amide bonds. The van der Waals surface area contributed by atoms with E-state index in [1.807, 2.05) is 6.92 Å². The molecular formula is C27H27BrF3N3O4S. The third kappa shape index (κ3) is 6.50. The summed E-state index contributed by atoms with van der Waals surface area (Å²) in [6.07, 6.45) is -4.45. The van der Waals surface area contributed by atoms with E-state index in [-0.39, 0.29) is 18.0 Å². The lowest BCUT2D eigenvalue weighted by Gasteiger charge is -2.37. The first kappa shape index (κ1) is 28.8. The van der Waals surface area contributed by atoms with Crippen molar-refractivity contribution >= 4 is 43.2 Å². The predicted octanol–water partition coefficient (Wildman–Crippen LogP) is 5.33. The Hall–Kier alpha value is -3.25. The van der Waals surface area contributed by atoms with Gasteiger partial charge in [-0.25, -0.2) is 8.42 Å². The number of aryl methyl sites for hydroxylation is 1. The topological polar surface area (TPSA) is 70.2 Å². The minimum Gasteiger partial charge on any atom is -0.496 e. The molecule has 7 nitrogen and oxygen atoms in total. The molecule has 12 heteroatoms. The van der Waals surface area contributed by atoms with E-state index >= 15 is 0 Å². The molecule has 0 bridgehead atoms. The van der Waals surface area contributed by atoms with Crippen LogP contribution in [0, 0.1) is 6.92 Å². The molecule has 0 saturated carbocycles. The van der Waals surface area contributed by atoms with E-state index < -0.39 is 34.2 Å². The third-order valence-electron chi connectivity index (χ3n) is 6.48. The van der Waals surface area contributed by atoms with Gasteiger partial charge in [0.15, 0.2) is 0 Å². The van der Waals surface area contributed by atoms with Crippen molar-refractivity contribution in [1.82, 2.24) is 4.90 Å². The van der Waals surface area contributed by atoms with E-state index in [9.17, 15) is 26.4 Å². The zero-order valence-electron chi connectivity index (χ0n) is 21.3. The smallest absolute Gasteiger partial charge is 0.416 e. The summed E-state index contributed by atoms with van der Waals surface area (Å²) in [6.45, 7) is 2.55. The van der Waals surface area contributed by atoms with Gasteiger partial charge in [0.05, 0.1) is 27.7 Å². The number of benzene rings is 3. The lowest BCUT2D eigenvalue weighted by molar-refractivity contribution is -0.137. The van der Waals surface area contributed by atoms with Crippen molar-refractivity contribution in [3.63, 3.8) is 0 Å². The molecule has 1 saturated heterocycles. The fraction of sp³-hybridized carbons (Fsp3) is 0.296. The summed E-state index contributed by atoms with van der Waals surface area (Å²) < 4.78 is 73.6. The molecule has 3 aromatic carbocycles. The molecule has 4 rings (SSSR count). The number of sulfonamides is 1. The first-order valence-electron chi connectivity index (χ1n) is 12.0. The molecule has 0 spiro atoms. The number of methoxy groups -OCH3 is 1. The van der Waals surface area contributed by atoms with E-state index in [4.69, 9.17) is 4.74 Å². The number of hydrogen-bond acceptors (Lipinski definition) is 5. The molecule has 0 unspecified atom stereocenters. The van der Waals surface area contributed by atoms with Gasteiger partial charge in [0.25, 0.3) is 10.0 Å². The highest BCUT2D eigenvalue weighted by Gasteiger charge is 2.33. The summed E-state index contributed by atoms with van der Waals surface area (Å²) in [7, 11) is -2.67. The van der Waals surface area contributed by atoms with Crippen molar-refractivity contribution in [1.29, 1.82) is 0 Å². The van der Waals surface area contributed by atoms with Gasteiger partial charge in [0, 0.05) is 31.9 Å². The second-order valence-electron chi connectivity index (χ2n) is 9.06. The van der Waals surface area contributed by atoms with Crippen molar-refractivity contribution in [2.75, 3.05) is 49.0 Å². The Labute approximate surface area is 234 Å². The number of piperazine rings is 1. The van der Waals surface area contributed by atoms with Crippen LogP contribution < -0.4 is 13.9 Å². The second kappa shape index (κ2) is 11.5. The SMILES string of the molecule is COc1ccc(S(=O)(=O)N(CC(=O)N2CCN(c3cccc(C(F)(F)F)c3)CC2)c2ccc(C)cc2)cc1Br. The Morgan fingerprint density at radius 2 is 1.67 bits per heavy atom. The maximum atomic E-state index is 13.7. The highest BCUT2D eigenvalue weighted by Crippen LogP contribution is 2.33. The lowest BCUT2D eigenvalue weighted by Crippen LogP contribution is -2.52. The van der Waals surface area contributed by atoms with Crippen LogP contribution in [-0.4, -0.2) is 59.1 Å². The summed E-state index contributed by atoms with van der Waals surface area (Å²) >= 11 is 3.32. The summed E-state index contributed by atoms with van der Waals surface area (Å²) in [5, 5.41) is 0. The molecule has 1 heterocycles. The number of halogens is 4. The minimum atomic E-state index is -4.45. The van der Waals surface area contributed by atoms with Crippen molar-refractivity contribution in [2.24, 2.45) is 0 Å². The van der Waals surface area contributed by atoms with Gasteiger partial charge in [-0.05, 0) is 71.4 Å². The number of hydrogen-bond donors (Lipinski definition) is 0. The second-order valence-corrected chi connectivity index (χ2v) is 11.8. The van der Waals surface area contributed by atoms with E-state index in [2.05, 4.69) is 15.9 Å².